The average Bonchev–Trinajstić information content (AvgIpc) is 2.92. The van der Waals surface area contributed by atoms with Gasteiger partial charge in [-0.25, -0.2) is 12.8 Å². The Morgan fingerprint density at radius 2 is 1.64 bits per heavy atom. The maximum atomic E-state index is 13.0. The van der Waals surface area contributed by atoms with Crippen LogP contribution >= 0.6 is 11.6 Å². The molecule has 2 aromatic rings. The Bertz CT molecular complexity index is 940. The van der Waals surface area contributed by atoms with Gasteiger partial charge >= 0.3 is 0 Å². The number of benzene rings is 2. The molecular formula is C20H22ClFN2O3S. The third-order valence-electron chi connectivity index (χ3n) is 4.78. The van der Waals surface area contributed by atoms with Crippen LogP contribution in [0.5, 0.6) is 0 Å². The Morgan fingerprint density at radius 3 is 2.29 bits per heavy atom. The predicted octanol–water partition coefficient (Wildman–Crippen LogP) is 4.73. The van der Waals surface area contributed by atoms with Gasteiger partial charge in [-0.2, -0.15) is 0 Å². The standard InChI is InChI=1S/C20H22ClFN2O3S/c21-19-12-11-17(28(26,27)24-16-9-7-14(22)8-10-16)13-18(19)20(25)23-15-5-3-1-2-4-6-15/h7-13,15,24H,1-6H2,(H,23,25). The van der Waals surface area contributed by atoms with Gasteiger partial charge in [-0.05, 0) is 55.3 Å². The molecule has 0 heterocycles. The van der Waals surface area contributed by atoms with Gasteiger partial charge in [0.05, 0.1) is 15.5 Å². The van der Waals surface area contributed by atoms with E-state index >= 15 is 0 Å². The Kier molecular flexibility index (Phi) is 6.57. The van der Waals surface area contributed by atoms with Crippen LogP contribution in [0.3, 0.4) is 0 Å². The third-order valence-corrected chi connectivity index (χ3v) is 6.49. The van der Waals surface area contributed by atoms with Gasteiger partial charge in [-0.15, -0.1) is 0 Å². The van der Waals surface area contributed by atoms with E-state index in [4.69, 9.17) is 11.6 Å². The van der Waals surface area contributed by atoms with Crippen molar-refractivity contribution in [1.82, 2.24) is 5.32 Å². The summed E-state index contributed by atoms with van der Waals surface area (Å²) in [5.41, 5.74) is 0.341. The second-order valence-corrected chi connectivity index (χ2v) is 9.01. The lowest BCUT2D eigenvalue weighted by Gasteiger charge is -2.17. The highest BCUT2D eigenvalue weighted by molar-refractivity contribution is 7.92. The lowest BCUT2D eigenvalue weighted by Crippen LogP contribution is -2.34. The first kappa shape index (κ1) is 20.6. The first-order valence-corrected chi connectivity index (χ1v) is 11.1. The van der Waals surface area contributed by atoms with Gasteiger partial charge < -0.3 is 5.32 Å². The minimum Gasteiger partial charge on any atom is -0.349 e. The van der Waals surface area contributed by atoms with E-state index in [-0.39, 0.29) is 33.1 Å². The van der Waals surface area contributed by atoms with Gasteiger partial charge in [-0.3, -0.25) is 9.52 Å². The molecule has 0 spiro atoms. The van der Waals surface area contributed by atoms with Crippen LogP contribution in [0.4, 0.5) is 10.1 Å². The SMILES string of the molecule is O=C(NC1CCCCCC1)c1cc(S(=O)(=O)Nc2ccc(F)cc2)ccc1Cl. The van der Waals surface area contributed by atoms with Crippen LogP contribution in [0.15, 0.2) is 47.4 Å². The molecule has 0 bridgehead atoms. The average molecular weight is 425 g/mol. The zero-order valence-corrected chi connectivity index (χ0v) is 16.8. The molecule has 1 amide bonds. The molecule has 1 fully saturated rings. The summed E-state index contributed by atoms with van der Waals surface area (Å²) in [4.78, 5) is 12.6. The second-order valence-electron chi connectivity index (χ2n) is 6.92. The normalized spacial score (nSPS) is 15.6. The minimum atomic E-state index is -3.95. The summed E-state index contributed by atoms with van der Waals surface area (Å²) in [5, 5.41) is 3.16. The zero-order valence-electron chi connectivity index (χ0n) is 15.3. The fraction of sp³-hybridized carbons (Fsp3) is 0.350. The highest BCUT2D eigenvalue weighted by Crippen LogP contribution is 2.24. The summed E-state index contributed by atoms with van der Waals surface area (Å²) in [6.45, 7) is 0. The van der Waals surface area contributed by atoms with E-state index in [9.17, 15) is 17.6 Å². The molecule has 1 aliphatic rings. The molecule has 0 atom stereocenters. The number of nitrogens with one attached hydrogen (secondary N) is 2. The van der Waals surface area contributed by atoms with Crippen molar-refractivity contribution in [3.05, 3.63) is 58.9 Å². The Hall–Kier alpha value is -2.12. The van der Waals surface area contributed by atoms with Gasteiger partial charge in [-0.1, -0.05) is 37.3 Å². The van der Waals surface area contributed by atoms with Crippen molar-refractivity contribution in [2.75, 3.05) is 4.72 Å². The van der Waals surface area contributed by atoms with Crippen molar-refractivity contribution >= 4 is 33.2 Å². The summed E-state index contributed by atoms with van der Waals surface area (Å²) in [6.07, 6.45) is 6.27. The predicted molar refractivity (Wildman–Crippen MR) is 108 cm³/mol. The van der Waals surface area contributed by atoms with Gasteiger partial charge in [0, 0.05) is 11.7 Å². The van der Waals surface area contributed by atoms with Crippen LogP contribution in [0.25, 0.3) is 0 Å². The molecule has 0 radical (unpaired) electrons. The first-order chi connectivity index (χ1) is 13.3. The van der Waals surface area contributed by atoms with Crippen molar-refractivity contribution in [3.8, 4) is 0 Å². The number of hydrogen-bond donors (Lipinski definition) is 2. The van der Waals surface area contributed by atoms with Crippen LogP contribution in [0.2, 0.25) is 5.02 Å². The van der Waals surface area contributed by atoms with Crippen LogP contribution in [-0.4, -0.2) is 20.4 Å². The molecule has 1 saturated carbocycles. The third kappa shape index (κ3) is 5.23. The van der Waals surface area contributed by atoms with Crippen LogP contribution < -0.4 is 10.0 Å². The summed E-state index contributed by atoms with van der Waals surface area (Å²) in [5.74, 6) is -0.845. The van der Waals surface area contributed by atoms with E-state index in [1.165, 1.54) is 30.3 Å². The highest BCUT2D eigenvalue weighted by Gasteiger charge is 2.21. The Balaban J connectivity index is 1.79. The van der Waals surface area contributed by atoms with Crippen molar-refractivity contribution in [1.29, 1.82) is 0 Å². The number of carbonyl (C=O) groups excluding carboxylic acids is 1. The van der Waals surface area contributed by atoms with Gasteiger partial charge in [0.25, 0.3) is 15.9 Å². The van der Waals surface area contributed by atoms with Crippen LogP contribution in [-0.2, 0) is 10.0 Å². The van der Waals surface area contributed by atoms with Crippen molar-refractivity contribution in [3.63, 3.8) is 0 Å². The van der Waals surface area contributed by atoms with Gasteiger partial charge in [0.1, 0.15) is 5.82 Å². The molecule has 5 nitrogen and oxygen atoms in total. The molecule has 3 rings (SSSR count). The summed E-state index contributed by atoms with van der Waals surface area (Å²) in [6, 6.07) is 9.02. The largest absolute Gasteiger partial charge is 0.349 e. The Morgan fingerprint density at radius 1 is 1.00 bits per heavy atom. The lowest BCUT2D eigenvalue weighted by molar-refractivity contribution is 0.0933. The summed E-state index contributed by atoms with van der Waals surface area (Å²) < 4.78 is 40.6. The fourth-order valence-electron chi connectivity index (χ4n) is 3.26. The molecule has 150 valence electrons. The molecule has 0 unspecified atom stereocenters. The van der Waals surface area contributed by atoms with Crippen LogP contribution in [0.1, 0.15) is 48.9 Å². The monoisotopic (exact) mass is 424 g/mol. The van der Waals surface area contributed by atoms with E-state index < -0.39 is 15.8 Å². The molecule has 1 aliphatic carbocycles. The summed E-state index contributed by atoms with van der Waals surface area (Å²) >= 11 is 6.15. The second kappa shape index (κ2) is 8.92. The topological polar surface area (TPSA) is 75.3 Å². The maximum Gasteiger partial charge on any atom is 0.261 e. The van der Waals surface area contributed by atoms with Gasteiger partial charge in [0.2, 0.25) is 0 Å². The fourth-order valence-corrected chi connectivity index (χ4v) is 4.55. The molecule has 0 saturated heterocycles. The molecular weight excluding hydrogens is 403 g/mol. The van der Waals surface area contributed by atoms with Crippen LogP contribution in [0, 0.1) is 5.82 Å². The van der Waals surface area contributed by atoms with E-state index in [2.05, 4.69) is 10.0 Å². The molecule has 2 aromatic carbocycles. The number of carbonyl (C=O) groups is 1. The summed E-state index contributed by atoms with van der Waals surface area (Å²) in [7, 11) is -3.95. The molecule has 0 aromatic heterocycles. The van der Waals surface area contributed by atoms with Crippen molar-refractivity contribution < 1.29 is 17.6 Å². The van der Waals surface area contributed by atoms with Crippen molar-refractivity contribution in [2.45, 2.75) is 49.5 Å². The quantitative estimate of drug-likeness (QED) is 0.681. The van der Waals surface area contributed by atoms with E-state index in [0.29, 0.717) is 0 Å². The Labute approximate surface area is 169 Å². The minimum absolute atomic E-state index is 0.0728. The highest BCUT2D eigenvalue weighted by atomic mass is 35.5. The molecule has 28 heavy (non-hydrogen) atoms. The smallest absolute Gasteiger partial charge is 0.261 e. The molecule has 0 aliphatic heterocycles. The van der Waals surface area contributed by atoms with E-state index in [0.717, 1.165) is 50.7 Å². The lowest BCUT2D eigenvalue weighted by atomic mass is 10.1. The number of hydrogen-bond acceptors (Lipinski definition) is 3. The molecule has 2 N–H and O–H groups in total. The van der Waals surface area contributed by atoms with Gasteiger partial charge in [0.15, 0.2) is 0 Å². The van der Waals surface area contributed by atoms with E-state index in [1.54, 1.807) is 0 Å². The number of anilines is 1. The number of halogens is 2. The van der Waals surface area contributed by atoms with E-state index in [1.807, 2.05) is 0 Å². The zero-order chi connectivity index (χ0) is 20.1. The first-order valence-electron chi connectivity index (χ1n) is 9.24. The van der Waals surface area contributed by atoms with Crippen molar-refractivity contribution in [2.24, 2.45) is 0 Å². The number of rotatable bonds is 5. The number of sulfonamides is 1. The number of amides is 1. The molecule has 8 heteroatoms. The maximum absolute atomic E-state index is 13.0.